The van der Waals surface area contributed by atoms with Crippen LogP contribution in [0.25, 0.3) is 0 Å². The fourth-order valence-corrected chi connectivity index (χ4v) is 2.46. The molecule has 0 radical (unpaired) electrons. The number of carboxylic acid groups (broad SMARTS) is 1. The Morgan fingerprint density at radius 2 is 2.33 bits per heavy atom. The van der Waals surface area contributed by atoms with Crippen LogP contribution < -0.4 is 10.1 Å². The van der Waals surface area contributed by atoms with Gasteiger partial charge in [-0.1, -0.05) is 12.1 Å². The number of rotatable bonds is 4. The van der Waals surface area contributed by atoms with Gasteiger partial charge < -0.3 is 15.2 Å². The van der Waals surface area contributed by atoms with Crippen molar-refractivity contribution in [3.63, 3.8) is 0 Å². The van der Waals surface area contributed by atoms with Crippen molar-refractivity contribution >= 4 is 5.97 Å². The first-order valence-corrected chi connectivity index (χ1v) is 6.31. The van der Waals surface area contributed by atoms with Crippen LogP contribution in [0.1, 0.15) is 24.8 Å². The van der Waals surface area contributed by atoms with Gasteiger partial charge in [0.1, 0.15) is 11.8 Å². The number of piperidine rings is 1. The summed E-state index contributed by atoms with van der Waals surface area (Å²) in [4.78, 5) is 11.0. The summed E-state index contributed by atoms with van der Waals surface area (Å²) in [5, 5.41) is 12.2. The number of carboxylic acids is 1. The lowest BCUT2D eigenvalue weighted by Crippen LogP contribution is -2.47. The lowest BCUT2D eigenvalue weighted by atomic mass is 9.94. The van der Waals surface area contributed by atoms with Crippen molar-refractivity contribution in [2.75, 3.05) is 7.11 Å². The zero-order chi connectivity index (χ0) is 13.0. The number of nitrogens with one attached hydrogen (secondary N) is 1. The number of carbonyl (C=O) groups is 1. The zero-order valence-corrected chi connectivity index (χ0v) is 10.6. The van der Waals surface area contributed by atoms with Gasteiger partial charge in [-0.25, -0.2) is 0 Å². The van der Waals surface area contributed by atoms with Crippen LogP contribution in [-0.4, -0.2) is 30.3 Å². The Labute approximate surface area is 107 Å². The van der Waals surface area contributed by atoms with E-state index in [0.29, 0.717) is 0 Å². The predicted octanol–water partition coefficient (Wildman–Crippen LogP) is 1.83. The van der Waals surface area contributed by atoms with Gasteiger partial charge in [-0.15, -0.1) is 0 Å². The molecule has 2 atom stereocenters. The SMILES string of the molecule is COc1cccc(CC2CCCC(C(=O)O)N2)c1. The molecule has 0 amide bonds. The van der Waals surface area contributed by atoms with Gasteiger partial charge in [0.15, 0.2) is 0 Å². The van der Waals surface area contributed by atoms with Gasteiger partial charge in [0.05, 0.1) is 7.11 Å². The molecule has 1 aliphatic heterocycles. The second kappa shape index (κ2) is 5.87. The molecule has 4 nitrogen and oxygen atoms in total. The second-order valence-electron chi connectivity index (χ2n) is 4.74. The molecule has 0 saturated carbocycles. The lowest BCUT2D eigenvalue weighted by molar-refractivity contribution is -0.140. The van der Waals surface area contributed by atoms with E-state index >= 15 is 0 Å². The Morgan fingerprint density at radius 1 is 1.50 bits per heavy atom. The Morgan fingerprint density at radius 3 is 3.06 bits per heavy atom. The maximum Gasteiger partial charge on any atom is 0.320 e. The summed E-state index contributed by atoms with van der Waals surface area (Å²) >= 11 is 0. The molecule has 98 valence electrons. The predicted molar refractivity (Wildman–Crippen MR) is 68.9 cm³/mol. The first-order chi connectivity index (χ1) is 8.69. The van der Waals surface area contributed by atoms with Gasteiger partial charge >= 0.3 is 5.97 Å². The molecule has 2 rings (SSSR count). The van der Waals surface area contributed by atoms with Gasteiger partial charge in [-0.05, 0) is 43.4 Å². The van der Waals surface area contributed by atoms with E-state index in [1.807, 2.05) is 18.2 Å². The minimum Gasteiger partial charge on any atom is -0.497 e. The van der Waals surface area contributed by atoms with Crippen molar-refractivity contribution in [2.24, 2.45) is 0 Å². The highest BCUT2D eigenvalue weighted by Gasteiger charge is 2.25. The third kappa shape index (κ3) is 3.23. The van der Waals surface area contributed by atoms with Gasteiger partial charge in [0.25, 0.3) is 0 Å². The van der Waals surface area contributed by atoms with Crippen molar-refractivity contribution in [3.05, 3.63) is 29.8 Å². The summed E-state index contributed by atoms with van der Waals surface area (Å²) in [6.07, 6.45) is 3.57. The number of hydrogen-bond donors (Lipinski definition) is 2. The van der Waals surface area contributed by atoms with Gasteiger partial charge in [0.2, 0.25) is 0 Å². The van der Waals surface area contributed by atoms with Crippen LogP contribution >= 0.6 is 0 Å². The van der Waals surface area contributed by atoms with Crippen molar-refractivity contribution in [2.45, 2.75) is 37.8 Å². The normalized spacial score (nSPS) is 23.6. The first-order valence-electron chi connectivity index (χ1n) is 6.31. The molecule has 1 fully saturated rings. The van der Waals surface area contributed by atoms with E-state index in [2.05, 4.69) is 11.4 Å². The van der Waals surface area contributed by atoms with Crippen LogP contribution in [0.5, 0.6) is 5.75 Å². The third-order valence-electron chi connectivity index (χ3n) is 3.40. The number of methoxy groups -OCH3 is 1. The van der Waals surface area contributed by atoms with E-state index in [1.54, 1.807) is 7.11 Å². The summed E-state index contributed by atoms with van der Waals surface area (Å²) in [6.45, 7) is 0. The van der Waals surface area contributed by atoms with E-state index in [1.165, 1.54) is 5.56 Å². The van der Waals surface area contributed by atoms with Gasteiger partial charge in [0, 0.05) is 6.04 Å². The molecule has 2 N–H and O–H groups in total. The van der Waals surface area contributed by atoms with E-state index < -0.39 is 12.0 Å². The molecule has 4 heteroatoms. The maximum absolute atomic E-state index is 11.0. The highest BCUT2D eigenvalue weighted by Crippen LogP contribution is 2.19. The Bertz CT molecular complexity index is 419. The molecule has 0 aromatic heterocycles. The van der Waals surface area contributed by atoms with Gasteiger partial charge in [-0.3, -0.25) is 4.79 Å². The van der Waals surface area contributed by atoms with Gasteiger partial charge in [-0.2, -0.15) is 0 Å². The van der Waals surface area contributed by atoms with E-state index in [9.17, 15) is 4.79 Å². The average molecular weight is 249 g/mol. The molecule has 0 bridgehead atoms. The molecule has 0 aliphatic carbocycles. The molecule has 18 heavy (non-hydrogen) atoms. The van der Waals surface area contributed by atoms with Crippen LogP contribution in [0.3, 0.4) is 0 Å². The zero-order valence-electron chi connectivity index (χ0n) is 10.6. The second-order valence-corrected chi connectivity index (χ2v) is 4.74. The molecule has 1 aliphatic rings. The smallest absolute Gasteiger partial charge is 0.320 e. The highest BCUT2D eigenvalue weighted by molar-refractivity contribution is 5.73. The summed E-state index contributed by atoms with van der Waals surface area (Å²) in [5.41, 5.74) is 1.18. The standard InChI is InChI=1S/C14H19NO3/c1-18-12-6-2-4-10(9-12)8-11-5-3-7-13(15-11)14(16)17/h2,4,6,9,11,13,15H,3,5,7-8H2,1H3,(H,16,17). The van der Waals surface area contributed by atoms with Crippen molar-refractivity contribution in [1.29, 1.82) is 0 Å². The quantitative estimate of drug-likeness (QED) is 0.854. The fourth-order valence-electron chi connectivity index (χ4n) is 2.46. The van der Waals surface area contributed by atoms with Crippen molar-refractivity contribution in [3.8, 4) is 5.75 Å². The molecule has 1 saturated heterocycles. The molecule has 0 spiro atoms. The lowest BCUT2D eigenvalue weighted by Gasteiger charge is -2.28. The summed E-state index contributed by atoms with van der Waals surface area (Å²) in [7, 11) is 1.65. The van der Waals surface area contributed by atoms with Crippen molar-refractivity contribution in [1.82, 2.24) is 5.32 Å². The van der Waals surface area contributed by atoms with Crippen LogP contribution in [0.2, 0.25) is 0 Å². The summed E-state index contributed by atoms with van der Waals surface area (Å²) < 4.78 is 5.19. The Hall–Kier alpha value is -1.55. The minimum absolute atomic E-state index is 0.243. The fraction of sp³-hybridized carbons (Fsp3) is 0.500. The summed E-state index contributed by atoms with van der Waals surface area (Å²) in [5.74, 6) is 0.100. The molecule has 1 aromatic carbocycles. The topological polar surface area (TPSA) is 58.6 Å². The monoisotopic (exact) mass is 249 g/mol. The Kier molecular flexibility index (Phi) is 4.20. The van der Waals surface area contributed by atoms with E-state index in [-0.39, 0.29) is 6.04 Å². The molecule has 1 aromatic rings. The van der Waals surface area contributed by atoms with Crippen LogP contribution in [0.4, 0.5) is 0 Å². The average Bonchev–Trinajstić information content (AvgIpc) is 2.39. The molecular weight excluding hydrogens is 230 g/mol. The molecular formula is C14H19NO3. The number of ether oxygens (including phenoxy) is 1. The minimum atomic E-state index is -0.745. The summed E-state index contributed by atoms with van der Waals surface area (Å²) in [6, 6.07) is 7.78. The van der Waals surface area contributed by atoms with E-state index in [4.69, 9.17) is 9.84 Å². The highest BCUT2D eigenvalue weighted by atomic mass is 16.5. The number of aliphatic carboxylic acids is 1. The van der Waals surface area contributed by atoms with Crippen LogP contribution in [0, 0.1) is 0 Å². The third-order valence-corrected chi connectivity index (χ3v) is 3.40. The van der Waals surface area contributed by atoms with Crippen LogP contribution in [0.15, 0.2) is 24.3 Å². The first kappa shape index (κ1) is 12.9. The van der Waals surface area contributed by atoms with E-state index in [0.717, 1.165) is 31.4 Å². The largest absolute Gasteiger partial charge is 0.497 e. The van der Waals surface area contributed by atoms with Crippen molar-refractivity contribution < 1.29 is 14.6 Å². The number of hydrogen-bond acceptors (Lipinski definition) is 3. The molecule has 2 unspecified atom stereocenters. The molecule has 1 heterocycles. The Balaban J connectivity index is 1.97. The number of benzene rings is 1. The van der Waals surface area contributed by atoms with Crippen LogP contribution in [-0.2, 0) is 11.2 Å². The maximum atomic E-state index is 11.0.